The van der Waals surface area contributed by atoms with E-state index < -0.39 is 0 Å². The van der Waals surface area contributed by atoms with Gasteiger partial charge in [0.2, 0.25) is 5.91 Å². The molecule has 3 aliphatic rings. The van der Waals surface area contributed by atoms with Crippen LogP contribution >= 0.6 is 11.8 Å². The number of carbonyl (C=O) groups is 1. The molecule has 200 valence electrons. The number of fused-ring (bicyclic) bond motifs is 1. The van der Waals surface area contributed by atoms with Crippen molar-refractivity contribution in [3.63, 3.8) is 0 Å². The minimum atomic E-state index is -0.183. The second-order valence-corrected chi connectivity index (χ2v) is 12.0. The molecule has 7 nitrogen and oxygen atoms in total. The Kier molecular flexibility index (Phi) is 7.60. The molecule has 1 aromatic heterocycles. The Bertz CT molecular complexity index is 1300. The van der Waals surface area contributed by atoms with Crippen molar-refractivity contribution >= 4 is 39.3 Å². The summed E-state index contributed by atoms with van der Waals surface area (Å²) in [4.78, 5) is 22.5. The van der Waals surface area contributed by atoms with Gasteiger partial charge in [-0.3, -0.25) is 9.79 Å². The van der Waals surface area contributed by atoms with Crippen molar-refractivity contribution < 1.29 is 9.53 Å². The standard InChI is InChI=1S/C30H37N5O2S/c31-28(36)14-20-10-12-35(18-20)13-11-23-19-38-30(33-23)27-16-21-15-25(37-24-8-2-1-3-9-24)17-26(29(21)34-27)32-22-6-4-5-7-22/h1-3,8-9,15-17,20,22-23,32,34H,4-7,10-14,18-19H2,(H2,31,36)/t20-,23+/m1/s1. The van der Waals surface area contributed by atoms with Crippen LogP contribution in [0.1, 0.15) is 50.6 Å². The van der Waals surface area contributed by atoms with Gasteiger partial charge >= 0.3 is 0 Å². The summed E-state index contributed by atoms with van der Waals surface area (Å²) in [5.74, 6) is 2.93. The zero-order valence-electron chi connectivity index (χ0n) is 21.8. The number of aromatic amines is 1. The van der Waals surface area contributed by atoms with Gasteiger partial charge in [0, 0.05) is 42.8 Å². The van der Waals surface area contributed by atoms with Crippen molar-refractivity contribution in [2.75, 3.05) is 30.7 Å². The molecule has 0 bridgehead atoms. The number of nitrogens with two attached hydrogens (primary N) is 1. The summed E-state index contributed by atoms with van der Waals surface area (Å²) in [6.07, 6.45) is 7.62. The number of benzene rings is 2. The number of amides is 1. The molecule has 2 atom stereocenters. The molecular weight excluding hydrogens is 494 g/mol. The SMILES string of the molecule is NC(=O)C[C@H]1CCN(CC[C@H]2CSC(c3cc4cc(Oc5ccccc5)cc(NC5CCCC5)c4[nH]3)=N2)C1. The Hall–Kier alpha value is -2.97. The van der Waals surface area contributed by atoms with Gasteiger partial charge in [-0.2, -0.15) is 0 Å². The van der Waals surface area contributed by atoms with Crippen LogP contribution in [0, 0.1) is 5.92 Å². The number of nitrogens with zero attached hydrogens (tertiary/aromatic N) is 2. The number of hydrogen-bond acceptors (Lipinski definition) is 6. The highest BCUT2D eigenvalue weighted by Crippen LogP contribution is 2.36. The van der Waals surface area contributed by atoms with E-state index in [2.05, 4.69) is 33.4 Å². The Balaban J connectivity index is 1.17. The van der Waals surface area contributed by atoms with Crippen molar-refractivity contribution in [3.05, 3.63) is 54.2 Å². The van der Waals surface area contributed by atoms with Gasteiger partial charge in [0.1, 0.15) is 16.5 Å². The second kappa shape index (κ2) is 11.4. The maximum absolute atomic E-state index is 11.2. The molecule has 3 aromatic rings. The molecule has 0 radical (unpaired) electrons. The molecule has 0 spiro atoms. The van der Waals surface area contributed by atoms with E-state index in [9.17, 15) is 4.79 Å². The van der Waals surface area contributed by atoms with Crippen molar-refractivity contribution in [2.45, 2.75) is 57.0 Å². The smallest absolute Gasteiger partial charge is 0.217 e. The third kappa shape index (κ3) is 6.02. The van der Waals surface area contributed by atoms with Crippen molar-refractivity contribution in [3.8, 4) is 11.5 Å². The van der Waals surface area contributed by atoms with E-state index in [1.54, 1.807) is 0 Å². The molecule has 2 aliphatic heterocycles. The summed E-state index contributed by atoms with van der Waals surface area (Å²) >= 11 is 1.84. The number of H-pyrrole nitrogens is 1. The molecule has 3 heterocycles. The van der Waals surface area contributed by atoms with Crippen molar-refractivity contribution in [1.29, 1.82) is 0 Å². The van der Waals surface area contributed by atoms with E-state index in [0.29, 0.717) is 24.4 Å². The zero-order chi connectivity index (χ0) is 25.9. The first-order valence-corrected chi connectivity index (χ1v) is 15.0. The molecule has 38 heavy (non-hydrogen) atoms. The number of para-hydroxylation sites is 1. The van der Waals surface area contributed by atoms with Crippen LogP contribution in [0.2, 0.25) is 0 Å². The number of anilines is 1. The number of nitrogens with one attached hydrogen (secondary N) is 2. The molecule has 8 heteroatoms. The summed E-state index contributed by atoms with van der Waals surface area (Å²) in [7, 11) is 0. The van der Waals surface area contributed by atoms with Crippen LogP contribution in [-0.4, -0.2) is 58.3 Å². The Morgan fingerprint density at radius 3 is 2.79 bits per heavy atom. The quantitative estimate of drug-likeness (QED) is 0.309. The van der Waals surface area contributed by atoms with Gasteiger partial charge in [0.05, 0.1) is 22.9 Å². The number of likely N-dealkylation sites (tertiary alicyclic amines) is 1. The van der Waals surface area contributed by atoms with Crippen molar-refractivity contribution in [1.82, 2.24) is 9.88 Å². The van der Waals surface area contributed by atoms with Crippen LogP contribution in [-0.2, 0) is 4.79 Å². The van der Waals surface area contributed by atoms with Gasteiger partial charge in [-0.1, -0.05) is 31.0 Å². The predicted octanol–water partition coefficient (Wildman–Crippen LogP) is 5.76. The minimum absolute atomic E-state index is 0.183. The Labute approximate surface area is 228 Å². The number of ether oxygens (including phenoxy) is 1. The first kappa shape index (κ1) is 25.3. The topological polar surface area (TPSA) is 95.7 Å². The number of primary amides is 1. The number of hydrogen-bond donors (Lipinski definition) is 3. The van der Waals surface area contributed by atoms with Crippen LogP contribution < -0.4 is 15.8 Å². The fraction of sp³-hybridized carbons (Fsp3) is 0.467. The van der Waals surface area contributed by atoms with Gasteiger partial charge in [-0.15, -0.1) is 11.8 Å². The maximum Gasteiger partial charge on any atom is 0.217 e. The lowest BCUT2D eigenvalue weighted by Crippen LogP contribution is -2.26. The van der Waals surface area contributed by atoms with Crippen LogP contribution in [0.25, 0.3) is 10.9 Å². The fourth-order valence-electron chi connectivity index (χ4n) is 6.03. The summed E-state index contributed by atoms with van der Waals surface area (Å²) in [5, 5.41) is 6.03. The summed E-state index contributed by atoms with van der Waals surface area (Å²) < 4.78 is 6.23. The lowest BCUT2D eigenvalue weighted by Gasteiger charge is -2.16. The number of aliphatic imine (C=N–C) groups is 1. The van der Waals surface area contributed by atoms with Gasteiger partial charge < -0.3 is 25.7 Å². The number of rotatable bonds is 10. The van der Waals surface area contributed by atoms with E-state index in [0.717, 1.165) is 77.1 Å². The molecule has 1 amide bonds. The Morgan fingerprint density at radius 1 is 1.13 bits per heavy atom. The monoisotopic (exact) mass is 531 g/mol. The lowest BCUT2D eigenvalue weighted by molar-refractivity contribution is -0.118. The third-order valence-electron chi connectivity index (χ3n) is 7.98. The number of thioether (sulfide) groups is 1. The minimum Gasteiger partial charge on any atom is -0.457 e. The van der Waals surface area contributed by atoms with Crippen LogP contribution in [0.4, 0.5) is 5.69 Å². The molecule has 1 aliphatic carbocycles. The largest absolute Gasteiger partial charge is 0.457 e. The lowest BCUT2D eigenvalue weighted by atomic mass is 10.1. The molecular formula is C30H37N5O2S. The van der Waals surface area contributed by atoms with Gasteiger partial charge in [-0.05, 0) is 62.4 Å². The molecule has 0 unspecified atom stereocenters. The normalized spacial score (nSPS) is 22.3. The summed E-state index contributed by atoms with van der Waals surface area (Å²) in [6.45, 7) is 3.06. The second-order valence-electron chi connectivity index (χ2n) is 11.0. The first-order chi connectivity index (χ1) is 18.6. The molecule has 1 saturated carbocycles. The van der Waals surface area contributed by atoms with E-state index in [-0.39, 0.29) is 5.91 Å². The predicted molar refractivity (Wildman–Crippen MR) is 156 cm³/mol. The van der Waals surface area contributed by atoms with Crippen LogP contribution in [0.5, 0.6) is 11.5 Å². The number of carbonyl (C=O) groups excluding carboxylic acids is 1. The molecule has 2 fully saturated rings. The third-order valence-corrected chi connectivity index (χ3v) is 9.13. The van der Waals surface area contributed by atoms with Crippen LogP contribution in [0.15, 0.2) is 53.5 Å². The van der Waals surface area contributed by atoms with E-state index in [1.165, 1.54) is 25.7 Å². The van der Waals surface area contributed by atoms with Crippen molar-refractivity contribution in [2.24, 2.45) is 16.6 Å². The molecule has 1 saturated heterocycles. The highest BCUT2D eigenvalue weighted by Gasteiger charge is 2.26. The maximum atomic E-state index is 11.2. The molecule has 6 rings (SSSR count). The van der Waals surface area contributed by atoms with Gasteiger partial charge in [-0.25, -0.2) is 0 Å². The van der Waals surface area contributed by atoms with Gasteiger partial charge in [0.15, 0.2) is 0 Å². The average Bonchev–Trinajstić information content (AvgIpc) is 3.70. The van der Waals surface area contributed by atoms with Gasteiger partial charge in [0.25, 0.3) is 0 Å². The van der Waals surface area contributed by atoms with E-state index in [4.69, 9.17) is 15.5 Å². The molecule has 4 N–H and O–H groups in total. The Morgan fingerprint density at radius 2 is 1.97 bits per heavy atom. The van der Waals surface area contributed by atoms with Crippen LogP contribution in [0.3, 0.4) is 0 Å². The highest BCUT2D eigenvalue weighted by atomic mass is 32.2. The average molecular weight is 532 g/mol. The highest BCUT2D eigenvalue weighted by molar-refractivity contribution is 8.14. The first-order valence-electron chi connectivity index (χ1n) is 14.0. The number of aromatic nitrogens is 1. The summed E-state index contributed by atoms with van der Waals surface area (Å²) in [5.41, 5.74) is 8.70. The van der Waals surface area contributed by atoms with E-state index in [1.807, 2.05) is 42.1 Å². The zero-order valence-corrected chi connectivity index (χ0v) is 22.6. The molecule has 2 aromatic carbocycles. The van der Waals surface area contributed by atoms with E-state index >= 15 is 0 Å². The summed E-state index contributed by atoms with van der Waals surface area (Å²) in [6, 6.07) is 17.3. The fourth-order valence-corrected chi connectivity index (χ4v) is 7.11.